The molecular weight excluding hydrogens is 254 g/mol. The zero-order chi connectivity index (χ0) is 14.8. The number of aromatic nitrogens is 1. The van der Waals surface area contributed by atoms with E-state index in [4.69, 9.17) is 0 Å². The molecule has 0 aliphatic heterocycles. The summed E-state index contributed by atoms with van der Waals surface area (Å²) in [5, 5.41) is 1.49. The summed E-state index contributed by atoms with van der Waals surface area (Å²) in [7, 11) is 2.25. The summed E-state index contributed by atoms with van der Waals surface area (Å²) in [6.45, 7) is 6.92. The molecule has 2 aromatic rings. The van der Waals surface area contributed by atoms with Gasteiger partial charge in [0.05, 0.1) is 0 Å². The van der Waals surface area contributed by atoms with E-state index in [9.17, 15) is 0 Å². The van der Waals surface area contributed by atoms with Crippen LogP contribution in [-0.4, -0.2) is 4.57 Å². The highest BCUT2D eigenvalue weighted by molar-refractivity contribution is 5.94. The summed E-state index contributed by atoms with van der Waals surface area (Å²) in [5.41, 5.74) is 9.63. The summed E-state index contributed by atoms with van der Waals surface area (Å²) in [6.07, 6.45) is 6.57. The van der Waals surface area contributed by atoms with E-state index in [0.717, 1.165) is 0 Å². The van der Waals surface area contributed by atoms with Gasteiger partial charge in [0, 0.05) is 23.6 Å². The van der Waals surface area contributed by atoms with Crippen LogP contribution in [0.4, 0.5) is 0 Å². The van der Waals surface area contributed by atoms with E-state index in [2.05, 4.69) is 50.6 Å². The van der Waals surface area contributed by atoms with Crippen LogP contribution >= 0.6 is 0 Å². The van der Waals surface area contributed by atoms with Gasteiger partial charge in [0.25, 0.3) is 0 Å². The van der Waals surface area contributed by atoms with E-state index in [1.54, 1.807) is 22.4 Å². The highest BCUT2D eigenvalue weighted by Crippen LogP contribution is 2.45. The van der Waals surface area contributed by atoms with Crippen molar-refractivity contribution in [2.24, 2.45) is 7.05 Å². The fourth-order valence-corrected chi connectivity index (χ4v) is 4.21. The number of hydrogen-bond donors (Lipinski definition) is 0. The molecule has 4 rings (SSSR count). The second kappa shape index (κ2) is 4.25. The summed E-state index contributed by atoms with van der Waals surface area (Å²) in [4.78, 5) is 0. The van der Waals surface area contributed by atoms with Gasteiger partial charge in [-0.1, -0.05) is 32.4 Å². The zero-order valence-electron chi connectivity index (χ0n) is 13.7. The molecule has 1 aromatic heterocycles. The third-order valence-corrected chi connectivity index (χ3v) is 5.43. The topological polar surface area (TPSA) is 4.93 Å². The van der Waals surface area contributed by atoms with Gasteiger partial charge in [0.15, 0.2) is 0 Å². The molecule has 0 saturated carbocycles. The highest BCUT2D eigenvalue weighted by atomic mass is 15.0. The molecule has 0 unspecified atom stereocenters. The minimum absolute atomic E-state index is 0.225. The van der Waals surface area contributed by atoms with Crippen LogP contribution in [-0.2, 0) is 18.9 Å². The Labute approximate surface area is 127 Å². The fraction of sp³-hybridized carbons (Fsp3) is 0.500. The normalized spacial score (nSPS) is 18.3. The molecule has 0 saturated heterocycles. The molecule has 2 aliphatic carbocycles. The molecule has 0 radical (unpaired) electrons. The van der Waals surface area contributed by atoms with Gasteiger partial charge in [-0.25, -0.2) is 0 Å². The number of rotatable bonds is 0. The predicted molar refractivity (Wildman–Crippen MR) is 90.7 cm³/mol. The van der Waals surface area contributed by atoms with Gasteiger partial charge < -0.3 is 4.57 Å². The quantitative estimate of drug-likeness (QED) is 0.612. The Hall–Kier alpha value is -1.50. The lowest BCUT2D eigenvalue weighted by molar-refractivity contribution is 0.591. The van der Waals surface area contributed by atoms with E-state index < -0.39 is 0 Å². The average Bonchev–Trinajstić information content (AvgIpc) is 2.95. The van der Waals surface area contributed by atoms with Crippen LogP contribution in [0, 0.1) is 0 Å². The third kappa shape index (κ3) is 1.83. The smallest absolute Gasteiger partial charge is 0.0485 e. The molecule has 1 nitrogen and oxygen atoms in total. The van der Waals surface area contributed by atoms with Crippen LogP contribution in [0.15, 0.2) is 23.8 Å². The van der Waals surface area contributed by atoms with Crippen molar-refractivity contribution < 1.29 is 0 Å². The molecule has 0 spiro atoms. The molecule has 0 amide bonds. The summed E-state index contributed by atoms with van der Waals surface area (Å²) < 4.78 is 2.45. The fourth-order valence-electron chi connectivity index (χ4n) is 4.21. The van der Waals surface area contributed by atoms with E-state index in [1.807, 2.05) is 0 Å². The van der Waals surface area contributed by atoms with Crippen LogP contribution in [0.1, 0.15) is 63.3 Å². The van der Waals surface area contributed by atoms with Crippen LogP contribution in [0.2, 0.25) is 0 Å². The van der Waals surface area contributed by atoms with E-state index in [1.165, 1.54) is 48.6 Å². The Morgan fingerprint density at radius 2 is 1.81 bits per heavy atom. The zero-order valence-corrected chi connectivity index (χ0v) is 13.7. The van der Waals surface area contributed by atoms with Crippen LogP contribution < -0.4 is 0 Å². The summed E-state index contributed by atoms with van der Waals surface area (Å²) in [5.74, 6) is 0. The molecular formula is C20H25N. The van der Waals surface area contributed by atoms with Crippen molar-refractivity contribution in [1.29, 1.82) is 0 Å². The number of aryl methyl sites for hydroxylation is 1. The molecule has 1 aromatic carbocycles. The van der Waals surface area contributed by atoms with Gasteiger partial charge in [-0.15, -0.1) is 0 Å². The average molecular weight is 279 g/mol. The lowest BCUT2D eigenvalue weighted by Crippen LogP contribution is -2.10. The maximum absolute atomic E-state index is 2.45. The van der Waals surface area contributed by atoms with Crippen molar-refractivity contribution >= 4 is 16.5 Å². The lowest BCUT2D eigenvalue weighted by atomic mass is 9.86. The Bertz CT molecular complexity index is 765. The molecule has 0 fully saturated rings. The number of nitrogens with zero attached hydrogens (tertiary/aromatic N) is 1. The van der Waals surface area contributed by atoms with Crippen LogP contribution in [0.3, 0.4) is 0 Å². The Balaban J connectivity index is 1.96. The van der Waals surface area contributed by atoms with Crippen molar-refractivity contribution in [2.45, 2.75) is 58.3 Å². The minimum atomic E-state index is 0.225. The second-order valence-corrected chi connectivity index (χ2v) is 7.83. The minimum Gasteiger partial charge on any atom is -0.344 e. The standard InChI is InChI=1S/C20H25N/c1-20(2,3)14-9-10-18-16(12-14)17-11-13-7-5-6-8-15(13)19(17)21(18)4/h9-10,12H,5-8,11H2,1-4H3. The first kappa shape index (κ1) is 13.2. The van der Waals surface area contributed by atoms with Gasteiger partial charge >= 0.3 is 0 Å². The lowest BCUT2D eigenvalue weighted by Gasteiger charge is -2.19. The maximum Gasteiger partial charge on any atom is 0.0485 e. The third-order valence-electron chi connectivity index (χ3n) is 5.43. The monoisotopic (exact) mass is 279 g/mol. The van der Waals surface area contributed by atoms with Gasteiger partial charge in [0.2, 0.25) is 0 Å². The van der Waals surface area contributed by atoms with Crippen molar-refractivity contribution in [1.82, 2.24) is 4.57 Å². The Kier molecular flexibility index (Phi) is 2.67. The number of fused-ring (bicyclic) bond motifs is 4. The first-order chi connectivity index (χ1) is 9.97. The molecule has 110 valence electrons. The van der Waals surface area contributed by atoms with Gasteiger partial charge in [-0.2, -0.15) is 0 Å². The molecule has 0 bridgehead atoms. The summed E-state index contributed by atoms with van der Waals surface area (Å²) in [6, 6.07) is 7.09. The van der Waals surface area contributed by atoms with E-state index in [0.29, 0.717) is 0 Å². The molecule has 21 heavy (non-hydrogen) atoms. The Morgan fingerprint density at radius 1 is 1.05 bits per heavy atom. The largest absolute Gasteiger partial charge is 0.344 e. The van der Waals surface area contributed by atoms with Gasteiger partial charge in [-0.05, 0) is 66.4 Å². The first-order valence-corrected chi connectivity index (χ1v) is 8.30. The number of allylic oxidation sites excluding steroid dienone is 2. The van der Waals surface area contributed by atoms with Crippen molar-refractivity contribution in [3.63, 3.8) is 0 Å². The highest BCUT2D eigenvalue weighted by Gasteiger charge is 2.29. The van der Waals surface area contributed by atoms with Gasteiger partial charge in [0.1, 0.15) is 0 Å². The van der Waals surface area contributed by atoms with Crippen molar-refractivity contribution in [3.05, 3.63) is 40.6 Å². The van der Waals surface area contributed by atoms with E-state index >= 15 is 0 Å². The Morgan fingerprint density at radius 3 is 2.57 bits per heavy atom. The second-order valence-electron chi connectivity index (χ2n) is 7.83. The number of benzene rings is 1. The molecule has 0 N–H and O–H groups in total. The summed E-state index contributed by atoms with van der Waals surface area (Å²) >= 11 is 0. The first-order valence-electron chi connectivity index (χ1n) is 8.30. The molecule has 1 heteroatoms. The van der Waals surface area contributed by atoms with Gasteiger partial charge in [-0.3, -0.25) is 0 Å². The molecule has 0 atom stereocenters. The maximum atomic E-state index is 2.45. The van der Waals surface area contributed by atoms with E-state index in [-0.39, 0.29) is 5.41 Å². The molecule has 1 heterocycles. The number of hydrogen-bond acceptors (Lipinski definition) is 0. The predicted octanol–water partition coefficient (Wildman–Crippen LogP) is 5.36. The van der Waals surface area contributed by atoms with Crippen LogP contribution in [0.5, 0.6) is 0 Å². The molecule has 2 aliphatic rings. The SMILES string of the molecule is Cn1c2c(c3cc(C(C)(C)C)ccc31)CC1=C2CCCC1. The van der Waals surface area contributed by atoms with Crippen molar-refractivity contribution in [2.75, 3.05) is 0 Å². The van der Waals surface area contributed by atoms with Crippen molar-refractivity contribution in [3.8, 4) is 0 Å². The van der Waals surface area contributed by atoms with Crippen LogP contribution in [0.25, 0.3) is 16.5 Å².